The second kappa shape index (κ2) is 7.85. The Morgan fingerprint density at radius 3 is 2.47 bits per heavy atom. The number of aliphatic hydroxyl groups is 1. The van der Waals surface area contributed by atoms with Crippen LogP contribution >= 0.6 is 15.9 Å². The normalized spacial score (nSPS) is 14.6. The first-order chi connectivity index (χ1) is 8.17. The van der Waals surface area contributed by atoms with E-state index in [1.807, 2.05) is 0 Å². The van der Waals surface area contributed by atoms with Gasteiger partial charge in [0.2, 0.25) is 0 Å². The first-order valence-electron chi connectivity index (χ1n) is 6.29. The summed E-state index contributed by atoms with van der Waals surface area (Å²) < 4.78 is 1.12. The SMILES string of the molecule is CCC(NC(C)CCCO)c1ccc(Br)cc1. The molecular weight excluding hydrogens is 278 g/mol. The fraction of sp³-hybridized carbons (Fsp3) is 0.571. The Kier molecular flexibility index (Phi) is 6.78. The molecule has 0 spiro atoms. The highest BCUT2D eigenvalue weighted by Gasteiger charge is 2.11. The van der Waals surface area contributed by atoms with E-state index in [0.717, 1.165) is 23.7 Å². The van der Waals surface area contributed by atoms with E-state index < -0.39 is 0 Å². The number of benzene rings is 1. The molecule has 1 aromatic carbocycles. The van der Waals surface area contributed by atoms with Crippen molar-refractivity contribution in [1.82, 2.24) is 5.32 Å². The lowest BCUT2D eigenvalue weighted by molar-refractivity contribution is 0.273. The largest absolute Gasteiger partial charge is 0.396 e. The van der Waals surface area contributed by atoms with Crippen molar-refractivity contribution in [2.75, 3.05) is 6.61 Å². The number of aliphatic hydroxyl groups excluding tert-OH is 1. The summed E-state index contributed by atoms with van der Waals surface area (Å²) >= 11 is 3.45. The number of hydrogen-bond donors (Lipinski definition) is 2. The van der Waals surface area contributed by atoms with Gasteiger partial charge in [0.25, 0.3) is 0 Å². The van der Waals surface area contributed by atoms with Crippen LogP contribution in [0, 0.1) is 0 Å². The number of hydrogen-bond acceptors (Lipinski definition) is 2. The van der Waals surface area contributed by atoms with E-state index in [-0.39, 0.29) is 6.61 Å². The lowest BCUT2D eigenvalue weighted by Crippen LogP contribution is -2.30. The van der Waals surface area contributed by atoms with Crippen molar-refractivity contribution in [3.63, 3.8) is 0 Å². The van der Waals surface area contributed by atoms with Crippen LogP contribution in [0.2, 0.25) is 0 Å². The van der Waals surface area contributed by atoms with Crippen molar-refractivity contribution < 1.29 is 5.11 Å². The van der Waals surface area contributed by atoms with Crippen LogP contribution < -0.4 is 5.32 Å². The molecule has 1 aromatic rings. The van der Waals surface area contributed by atoms with Gasteiger partial charge in [0.15, 0.2) is 0 Å². The molecule has 0 amide bonds. The Bertz CT molecular complexity index is 313. The minimum atomic E-state index is 0.279. The highest BCUT2D eigenvalue weighted by molar-refractivity contribution is 9.10. The quantitative estimate of drug-likeness (QED) is 0.805. The maximum Gasteiger partial charge on any atom is 0.0431 e. The Morgan fingerprint density at radius 2 is 1.94 bits per heavy atom. The first kappa shape index (κ1) is 14.7. The van der Waals surface area contributed by atoms with Gasteiger partial charge in [-0.2, -0.15) is 0 Å². The van der Waals surface area contributed by atoms with Crippen LogP contribution in [0.15, 0.2) is 28.7 Å². The van der Waals surface area contributed by atoms with Crippen LogP contribution in [0.5, 0.6) is 0 Å². The second-order valence-electron chi connectivity index (χ2n) is 4.45. The van der Waals surface area contributed by atoms with Crippen LogP contribution in [0.3, 0.4) is 0 Å². The Labute approximate surface area is 113 Å². The molecule has 0 aliphatic rings. The summed E-state index contributed by atoms with van der Waals surface area (Å²) in [5.74, 6) is 0. The Hall–Kier alpha value is -0.380. The van der Waals surface area contributed by atoms with Crippen LogP contribution in [-0.2, 0) is 0 Å². The molecule has 0 aliphatic carbocycles. The summed E-state index contributed by atoms with van der Waals surface area (Å²) in [5.41, 5.74) is 1.33. The maximum atomic E-state index is 8.82. The molecule has 0 aromatic heterocycles. The minimum Gasteiger partial charge on any atom is -0.396 e. The van der Waals surface area contributed by atoms with Gasteiger partial charge in [-0.1, -0.05) is 35.0 Å². The van der Waals surface area contributed by atoms with E-state index in [0.29, 0.717) is 12.1 Å². The molecule has 2 unspecified atom stereocenters. The van der Waals surface area contributed by atoms with Gasteiger partial charge in [-0.15, -0.1) is 0 Å². The monoisotopic (exact) mass is 299 g/mol. The summed E-state index contributed by atoms with van der Waals surface area (Å²) in [6.45, 7) is 4.65. The summed E-state index contributed by atoms with van der Waals surface area (Å²) in [5, 5.41) is 12.4. The molecule has 0 saturated heterocycles. The smallest absolute Gasteiger partial charge is 0.0431 e. The van der Waals surface area contributed by atoms with Gasteiger partial charge < -0.3 is 10.4 Å². The molecule has 96 valence electrons. The van der Waals surface area contributed by atoms with E-state index in [2.05, 4.69) is 59.4 Å². The third kappa shape index (κ3) is 5.19. The number of rotatable bonds is 7. The molecule has 3 heteroatoms. The van der Waals surface area contributed by atoms with Gasteiger partial charge in [-0.25, -0.2) is 0 Å². The van der Waals surface area contributed by atoms with Crippen LogP contribution in [0.1, 0.15) is 44.7 Å². The van der Waals surface area contributed by atoms with Gasteiger partial charge in [-0.3, -0.25) is 0 Å². The molecular formula is C14H22BrNO. The van der Waals surface area contributed by atoms with Crippen molar-refractivity contribution in [2.45, 2.75) is 45.2 Å². The summed E-state index contributed by atoms with van der Waals surface area (Å²) in [6, 6.07) is 9.32. The van der Waals surface area contributed by atoms with Gasteiger partial charge >= 0.3 is 0 Å². The van der Waals surface area contributed by atoms with E-state index >= 15 is 0 Å². The van der Waals surface area contributed by atoms with Crippen molar-refractivity contribution >= 4 is 15.9 Å². The molecule has 17 heavy (non-hydrogen) atoms. The lowest BCUT2D eigenvalue weighted by Gasteiger charge is -2.22. The predicted octanol–water partition coefficient (Wildman–Crippen LogP) is 3.65. The van der Waals surface area contributed by atoms with Crippen molar-refractivity contribution in [3.8, 4) is 0 Å². The van der Waals surface area contributed by atoms with Crippen molar-refractivity contribution in [1.29, 1.82) is 0 Å². The average Bonchev–Trinajstić information content (AvgIpc) is 2.34. The molecule has 0 heterocycles. The zero-order valence-electron chi connectivity index (χ0n) is 10.6. The molecule has 0 radical (unpaired) electrons. The first-order valence-corrected chi connectivity index (χ1v) is 7.09. The molecule has 0 bridgehead atoms. The minimum absolute atomic E-state index is 0.279. The molecule has 2 nitrogen and oxygen atoms in total. The van der Waals surface area contributed by atoms with Crippen molar-refractivity contribution in [2.24, 2.45) is 0 Å². The molecule has 2 atom stereocenters. The third-order valence-corrected chi connectivity index (χ3v) is 3.49. The van der Waals surface area contributed by atoms with Crippen LogP contribution in [0.25, 0.3) is 0 Å². The topological polar surface area (TPSA) is 32.3 Å². The van der Waals surface area contributed by atoms with E-state index in [4.69, 9.17) is 5.11 Å². The van der Waals surface area contributed by atoms with Gasteiger partial charge in [0.05, 0.1) is 0 Å². The fourth-order valence-electron chi connectivity index (χ4n) is 1.97. The molecule has 0 aliphatic heterocycles. The van der Waals surface area contributed by atoms with E-state index in [9.17, 15) is 0 Å². The average molecular weight is 300 g/mol. The standard InChI is InChI=1S/C14H22BrNO/c1-3-14(16-11(2)5-4-10-17)12-6-8-13(15)9-7-12/h6-9,11,14,16-17H,3-5,10H2,1-2H3. The Balaban J connectivity index is 2.56. The van der Waals surface area contributed by atoms with Crippen LogP contribution in [0.4, 0.5) is 0 Å². The molecule has 1 rings (SSSR count). The third-order valence-electron chi connectivity index (χ3n) is 2.96. The fourth-order valence-corrected chi connectivity index (χ4v) is 2.23. The lowest BCUT2D eigenvalue weighted by atomic mass is 10.0. The maximum absolute atomic E-state index is 8.82. The van der Waals surface area contributed by atoms with E-state index in [1.165, 1.54) is 5.56 Å². The predicted molar refractivity (Wildman–Crippen MR) is 76.1 cm³/mol. The van der Waals surface area contributed by atoms with Gasteiger partial charge in [0, 0.05) is 23.2 Å². The summed E-state index contributed by atoms with van der Waals surface area (Å²) in [6.07, 6.45) is 2.96. The number of halogens is 1. The van der Waals surface area contributed by atoms with E-state index in [1.54, 1.807) is 0 Å². The highest BCUT2D eigenvalue weighted by Crippen LogP contribution is 2.20. The summed E-state index contributed by atoms with van der Waals surface area (Å²) in [4.78, 5) is 0. The van der Waals surface area contributed by atoms with Gasteiger partial charge in [-0.05, 0) is 43.9 Å². The highest BCUT2D eigenvalue weighted by atomic mass is 79.9. The second-order valence-corrected chi connectivity index (χ2v) is 5.36. The molecule has 0 fully saturated rings. The zero-order valence-corrected chi connectivity index (χ0v) is 12.2. The summed E-state index contributed by atoms with van der Waals surface area (Å²) in [7, 11) is 0. The van der Waals surface area contributed by atoms with Gasteiger partial charge in [0.1, 0.15) is 0 Å². The Morgan fingerprint density at radius 1 is 1.29 bits per heavy atom. The zero-order chi connectivity index (χ0) is 12.7. The van der Waals surface area contributed by atoms with Crippen molar-refractivity contribution in [3.05, 3.63) is 34.3 Å². The van der Waals surface area contributed by atoms with Crippen LogP contribution in [-0.4, -0.2) is 17.8 Å². The number of nitrogens with one attached hydrogen (secondary N) is 1. The molecule has 0 saturated carbocycles. The molecule has 2 N–H and O–H groups in total.